The van der Waals surface area contributed by atoms with Crippen LogP contribution in [0.1, 0.15) is 54.1 Å². The predicted molar refractivity (Wildman–Crippen MR) is 54.8 cm³/mol. The van der Waals surface area contributed by atoms with E-state index in [4.69, 9.17) is 5.11 Å². The summed E-state index contributed by atoms with van der Waals surface area (Å²) in [4.78, 5) is 18.9. The summed E-state index contributed by atoms with van der Waals surface area (Å²) in [5.41, 5.74) is 0.988. The summed E-state index contributed by atoms with van der Waals surface area (Å²) >= 11 is 0. The Morgan fingerprint density at radius 1 is 1.33 bits per heavy atom. The SMILES string of the molecule is O=C(O)c1cncnc1C1CCCCC1. The Balaban J connectivity index is 2.29. The summed E-state index contributed by atoms with van der Waals surface area (Å²) in [7, 11) is 0. The quantitative estimate of drug-likeness (QED) is 0.805. The Morgan fingerprint density at radius 3 is 2.73 bits per heavy atom. The van der Waals surface area contributed by atoms with Crippen LogP contribution in [0.5, 0.6) is 0 Å². The van der Waals surface area contributed by atoms with Crippen LogP contribution in [-0.4, -0.2) is 21.0 Å². The molecule has 0 saturated heterocycles. The summed E-state index contributed by atoms with van der Waals surface area (Å²) in [6.45, 7) is 0. The van der Waals surface area contributed by atoms with Gasteiger partial charge in [-0.25, -0.2) is 14.8 Å². The van der Waals surface area contributed by atoms with Crippen molar-refractivity contribution in [1.29, 1.82) is 0 Å². The summed E-state index contributed by atoms with van der Waals surface area (Å²) in [6.07, 6.45) is 8.55. The number of aromatic carboxylic acids is 1. The van der Waals surface area contributed by atoms with E-state index >= 15 is 0 Å². The second-order valence-corrected chi connectivity index (χ2v) is 3.96. The molecule has 1 aliphatic rings. The molecule has 80 valence electrons. The van der Waals surface area contributed by atoms with Gasteiger partial charge in [0.05, 0.1) is 11.3 Å². The normalized spacial score (nSPS) is 17.6. The van der Waals surface area contributed by atoms with Gasteiger partial charge in [0.1, 0.15) is 6.33 Å². The Kier molecular flexibility index (Phi) is 2.94. The molecule has 0 radical (unpaired) electrons. The highest BCUT2D eigenvalue weighted by molar-refractivity contribution is 5.88. The zero-order chi connectivity index (χ0) is 10.7. The van der Waals surface area contributed by atoms with Crippen molar-refractivity contribution in [2.45, 2.75) is 38.0 Å². The second-order valence-electron chi connectivity index (χ2n) is 3.96. The van der Waals surface area contributed by atoms with Crippen LogP contribution < -0.4 is 0 Å². The number of hydrogen-bond acceptors (Lipinski definition) is 3. The van der Waals surface area contributed by atoms with Crippen molar-refractivity contribution < 1.29 is 9.90 Å². The van der Waals surface area contributed by atoms with Crippen LogP contribution in [0.3, 0.4) is 0 Å². The Bertz CT molecular complexity index is 359. The summed E-state index contributed by atoms with van der Waals surface area (Å²) in [5, 5.41) is 9.02. The lowest BCUT2D eigenvalue weighted by Gasteiger charge is -2.21. The van der Waals surface area contributed by atoms with Gasteiger partial charge >= 0.3 is 5.97 Å². The topological polar surface area (TPSA) is 63.1 Å². The Hall–Kier alpha value is -1.45. The first-order chi connectivity index (χ1) is 7.29. The third-order valence-electron chi connectivity index (χ3n) is 2.97. The van der Waals surface area contributed by atoms with Crippen LogP contribution in [-0.2, 0) is 0 Å². The van der Waals surface area contributed by atoms with Gasteiger partial charge in [-0.15, -0.1) is 0 Å². The van der Waals surface area contributed by atoms with E-state index < -0.39 is 5.97 Å². The lowest BCUT2D eigenvalue weighted by Crippen LogP contribution is -2.13. The molecular formula is C11H14N2O2. The van der Waals surface area contributed by atoms with Crippen molar-refractivity contribution in [3.8, 4) is 0 Å². The number of carboxylic acid groups (broad SMARTS) is 1. The van der Waals surface area contributed by atoms with Gasteiger partial charge in [0, 0.05) is 12.1 Å². The van der Waals surface area contributed by atoms with Crippen molar-refractivity contribution in [3.63, 3.8) is 0 Å². The van der Waals surface area contributed by atoms with Gasteiger partial charge in [-0.1, -0.05) is 19.3 Å². The minimum atomic E-state index is -0.920. The van der Waals surface area contributed by atoms with Gasteiger partial charge in [0.15, 0.2) is 0 Å². The molecule has 0 aliphatic heterocycles. The molecule has 2 rings (SSSR count). The second kappa shape index (κ2) is 4.38. The van der Waals surface area contributed by atoms with Crippen LogP contribution >= 0.6 is 0 Å². The highest BCUT2D eigenvalue weighted by atomic mass is 16.4. The zero-order valence-electron chi connectivity index (χ0n) is 8.52. The highest BCUT2D eigenvalue weighted by Crippen LogP contribution is 2.32. The highest BCUT2D eigenvalue weighted by Gasteiger charge is 2.22. The molecule has 0 bridgehead atoms. The predicted octanol–water partition coefficient (Wildman–Crippen LogP) is 2.22. The van der Waals surface area contributed by atoms with Crippen molar-refractivity contribution in [2.24, 2.45) is 0 Å². The number of aromatic nitrogens is 2. The van der Waals surface area contributed by atoms with E-state index in [1.807, 2.05) is 0 Å². The number of hydrogen-bond donors (Lipinski definition) is 1. The van der Waals surface area contributed by atoms with E-state index in [1.54, 1.807) is 0 Å². The Morgan fingerprint density at radius 2 is 2.07 bits per heavy atom. The third kappa shape index (κ3) is 2.14. The van der Waals surface area contributed by atoms with Crippen LogP contribution in [0.25, 0.3) is 0 Å². The van der Waals surface area contributed by atoms with E-state index in [2.05, 4.69) is 9.97 Å². The molecular weight excluding hydrogens is 192 g/mol. The van der Waals surface area contributed by atoms with E-state index in [0.717, 1.165) is 18.5 Å². The molecule has 4 nitrogen and oxygen atoms in total. The lowest BCUT2D eigenvalue weighted by molar-refractivity contribution is 0.0693. The molecule has 1 N–H and O–H groups in total. The zero-order valence-corrected chi connectivity index (χ0v) is 8.52. The van der Waals surface area contributed by atoms with Crippen molar-refractivity contribution >= 4 is 5.97 Å². The van der Waals surface area contributed by atoms with Gasteiger partial charge in [0.2, 0.25) is 0 Å². The van der Waals surface area contributed by atoms with Crippen LogP contribution in [0.4, 0.5) is 0 Å². The van der Waals surface area contributed by atoms with Crippen LogP contribution in [0, 0.1) is 0 Å². The number of nitrogens with zero attached hydrogens (tertiary/aromatic N) is 2. The molecule has 0 amide bonds. The first-order valence-electron chi connectivity index (χ1n) is 5.32. The molecule has 0 atom stereocenters. The molecule has 1 aromatic rings. The fourth-order valence-corrected chi connectivity index (χ4v) is 2.21. The molecule has 15 heavy (non-hydrogen) atoms. The van der Waals surface area contributed by atoms with Gasteiger partial charge in [-0.3, -0.25) is 0 Å². The standard InChI is InChI=1S/C11H14N2O2/c14-11(15)9-6-12-7-13-10(9)8-4-2-1-3-5-8/h6-8H,1-5H2,(H,14,15). The Labute approximate surface area is 88.4 Å². The minimum Gasteiger partial charge on any atom is -0.478 e. The monoisotopic (exact) mass is 206 g/mol. The smallest absolute Gasteiger partial charge is 0.339 e. The van der Waals surface area contributed by atoms with Gasteiger partial charge in [-0.05, 0) is 12.8 Å². The van der Waals surface area contributed by atoms with Crippen molar-refractivity contribution in [2.75, 3.05) is 0 Å². The maximum atomic E-state index is 11.0. The van der Waals surface area contributed by atoms with E-state index in [1.165, 1.54) is 31.8 Å². The fraction of sp³-hybridized carbons (Fsp3) is 0.545. The summed E-state index contributed by atoms with van der Waals surface area (Å²) in [5.74, 6) is -0.607. The fourth-order valence-electron chi connectivity index (χ4n) is 2.21. The maximum Gasteiger partial charge on any atom is 0.339 e. The van der Waals surface area contributed by atoms with Gasteiger partial charge in [0.25, 0.3) is 0 Å². The number of carboxylic acids is 1. The maximum absolute atomic E-state index is 11.0. The summed E-state index contributed by atoms with van der Waals surface area (Å²) in [6, 6.07) is 0. The molecule has 1 saturated carbocycles. The number of carbonyl (C=O) groups is 1. The molecule has 0 spiro atoms. The lowest BCUT2D eigenvalue weighted by atomic mass is 9.85. The molecule has 0 aromatic carbocycles. The molecule has 1 aromatic heterocycles. The molecule has 1 aliphatic carbocycles. The largest absolute Gasteiger partial charge is 0.478 e. The molecule has 1 heterocycles. The first kappa shape index (κ1) is 10.1. The van der Waals surface area contributed by atoms with Gasteiger partial charge in [-0.2, -0.15) is 0 Å². The molecule has 4 heteroatoms. The van der Waals surface area contributed by atoms with E-state index in [0.29, 0.717) is 5.92 Å². The van der Waals surface area contributed by atoms with Crippen molar-refractivity contribution in [1.82, 2.24) is 9.97 Å². The summed E-state index contributed by atoms with van der Waals surface area (Å²) < 4.78 is 0. The average molecular weight is 206 g/mol. The third-order valence-corrected chi connectivity index (χ3v) is 2.97. The van der Waals surface area contributed by atoms with Crippen LogP contribution in [0.15, 0.2) is 12.5 Å². The van der Waals surface area contributed by atoms with Crippen LogP contribution in [0.2, 0.25) is 0 Å². The average Bonchev–Trinajstić information content (AvgIpc) is 2.30. The van der Waals surface area contributed by atoms with Gasteiger partial charge < -0.3 is 5.11 Å². The molecule has 0 unspecified atom stereocenters. The number of rotatable bonds is 2. The van der Waals surface area contributed by atoms with Crippen molar-refractivity contribution in [3.05, 3.63) is 23.8 Å². The first-order valence-corrected chi connectivity index (χ1v) is 5.32. The minimum absolute atomic E-state index is 0.268. The molecule has 1 fully saturated rings. The van der Waals surface area contributed by atoms with E-state index in [-0.39, 0.29) is 5.56 Å². The van der Waals surface area contributed by atoms with E-state index in [9.17, 15) is 4.79 Å².